The summed E-state index contributed by atoms with van der Waals surface area (Å²) in [5.41, 5.74) is 0. The zero-order valence-electron chi connectivity index (χ0n) is 6.67. The lowest BCUT2D eigenvalue weighted by atomic mass is 10.1. The molecule has 0 aromatic carbocycles. The molecule has 0 aromatic heterocycles. The Morgan fingerprint density at radius 2 is 2.55 bits per heavy atom. The number of hydrogen-bond donors (Lipinski definition) is 1. The number of carbonyl (C=O) groups is 1. The quantitative estimate of drug-likeness (QED) is 0.576. The Bertz CT molecular complexity index is 159. The summed E-state index contributed by atoms with van der Waals surface area (Å²) in [6.07, 6.45) is 3.32. The number of nitrogens with one attached hydrogen (secondary N) is 1. The lowest BCUT2D eigenvalue weighted by Crippen LogP contribution is -2.45. The van der Waals surface area contributed by atoms with Crippen LogP contribution in [0.25, 0.3) is 0 Å². The molecule has 3 nitrogen and oxygen atoms in total. The topological polar surface area (TPSA) is 38.3 Å². The summed E-state index contributed by atoms with van der Waals surface area (Å²) in [5, 5.41) is 3.08. The fourth-order valence-electron chi connectivity index (χ4n) is 1.03. The average Bonchev–Trinajstić information content (AvgIpc) is 2.07. The lowest BCUT2D eigenvalue weighted by Gasteiger charge is -2.21. The van der Waals surface area contributed by atoms with Gasteiger partial charge in [0.25, 0.3) is 0 Å². The molecular formula is C8H13NO2. The van der Waals surface area contributed by atoms with E-state index in [9.17, 15) is 4.79 Å². The molecule has 1 unspecified atom stereocenters. The van der Waals surface area contributed by atoms with Gasteiger partial charge in [0.1, 0.15) is 0 Å². The zero-order valence-corrected chi connectivity index (χ0v) is 6.67. The maximum absolute atomic E-state index is 11.2. The number of ether oxygens (including phenoxy) is 1. The van der Waals surface area contributed by atoms with Crippen LogP contribution in [0.15, 0.2) is 12.2 Å². The van der Waals surface area contributed by atoms with Crippen molar-refractivity contribution in [2.24, 2.45) is 0 Å². The predicted molar refractivity (Wildman–Crippen MR) is 42.4 cm³/mol. The first-order valence-corrected chi connectivity index (χ1v) is 3.82. The van der Waals surface area contributed by atoms with Crippen molar-refractivity contribution in [1.29, 1.82) is 0 Å². The minimum atomic E-state index is -0.125. The van der Waals surface area contributed by atoms with Gasteiger partial charge in [0, 0.05) is 6.54 Å². The average molecular weight is 155 g/mol. The highest BCUT2D eigenvalue weighted by Gasteiger charge is 2.17. The third-order valence-electron chi connectivity index (χ3n) is 1.60. The molecule has 0 aliphatic carbocycles. The van der Waals surface area contributed by atoms with E-state index < -0.39 is 0 Å². The van der Waals surface area contributed by atoms with E-state index in [0.717, 1.165) is 6.54 Å². The number of hydrogen-bond acceptors (Lipinski definition) is 3. The molecule has 0 bridgehead atoms. The zero-order chi connectivity index (χ0) is 8.10. The number of morpholine rings is 1. The van der Waals surface area contributed by atoms with Crippen molar-refractivity contribution in [1.82, 2.24) is 5.32 Å². The molecule has 0 spiro atoms. The summed E-state index contributed by atoms with van der Waals surface area (Å²) in [6, 6.07) is -0.125. The van der Waals surface area contributed by atoms with Crippen LogP contribution in [0.4, 0.5) is 0 Å². The van der Waals surface area contributed by atoms with Crippen molar-refractivity contribution in [3.8, 4) is 0 Å². The van der Waals surface area contributed by atoms with Crippen molar-refractivity contribution in [3.63, 3.8) is 0 Å². The molecule has 1 saturated heterocycles. The molecule has 1 N–H and O–H groups in total. The van der Waals surface area contributed by atoms with Crippen LogP contribution in [0.3, 0.4) is 0 Å². The fraction of sp³-hybridized carbons (Fsp3) is 0.625. The highest BCUT2D eigenvalue weighted by Crippen LogP contribution is 1.95. The normalized spacial score (nSPS) is 25.7. The van der Waals surface area contributed by atoms with E-state index in [-0.39, 0.29) is 11.8 Å². The lowest BCUT2D eigenvalue weighted by molar-refractivity contribution is -0.119. The Kier molecular flexibility index (Phi) is 3.26. The molecule has 1 rings (SSSR count). The van der Waals surface area contributed by atoms with E-state index in [4.69, 9.17) is 4.74 Å². The minimum Gasteiger partial charge on any atom is -0.378 e. The van der Waals surface area contributed by atoms with Gasteiger partial charge in [0.2, 0.25) is 0 Å². The van der Waals surface area contributed by atoms with Gasteiger partial charge in [-0.25, -0.2) is 0 Å². The summed E-state index contributed by atoms with van der Waals surface area (Å²) < 4.78 is 5.13. The molecule has 0 aromatic rings. The highest BCUT2D eigenvalue weighted by molar-refractivity contribution is 5.94. The largest absolute Gasteiger partial charge is 0.378 e. The standard InChI is InChI=1S/C8H13NO2/c1-2-3-8(10)7-6-11-5-4-9-7/h2-3,7,9H,4-6H2,1H3. The maximum Gasteiger partial charge on any atom is 0.174 e. The summed E-state index contributed by atoms with van der Waals surface area (Å²) in [7, 11) is 0. The first-order chi connectivity index (χ1) is 5.34. The number of carbonyl (C=O) groups excluding carboxylic acids is 1. The molecule has 1 aliphatic heterocycles. The van der Waals surface area contributed by atoms with E-state index >= 15 is 0 Å². The molecule has 1 aliphatic rings. The monoisotopic (exact) mass is 155 g/mol. The second-order valence-corrected chi connectivity index (χ2v) is 2.48. The van der Waals surface area contributed by atoms with Crippen molar-refractivity contribution in [2.75, 3.05) is 19.8 Å². The van der Waals surface area contributed by atoms with Gasteiger partial charge in [-0.3, -0.25) is 4.79 Å². The molecule has 0 radical (unpaired) electrons. The molecule has 0 amide bonds. The van der Waals surface area contributed by atoms with Crippen LogP contribution < -0.4 is 5.32 Å². The first kappa shape index (κ1) is 8.43. The van der Waals surface area contributed by atoms with E-state index in [2.05, 4.69) is 5.32 Å². The van der Waals surface area contributed by atoms with E-state index in [1.807, 2.05) is 6.92 Å². The van der Waals surface area contributed by atoms with Gasteiger partial charge in [0.05, 0.1) is 19.3 Å². The molecule has 1 atom stereocenters. The Morgan fingerprint density at radius 3 is 3.09 bits per heavy atom. The van der Waals surface area contributed by atoms with Crippen molar-refractivity contribution < 1.29 is 9.53 Å². The number of ketones is 1. The third kappa shape index (κ3) is 2.44. The van der Waals surface area contributed by atoms with Gasteiger partial charge in [0.15, 0.2) is 5.78 Å². The van der Waals surface area contributed by atoms with E-state index in [1.165, 1.54) is 0 Å². The van der Waals surface area contributed by atoms with E-state index in [1.54, 1.807) is 12.2 Å². The Hall–Kier alpha value is -0.670. The Morgan fingerprint density at radius 1 is 1.73 bits per heavy atom. The number of rotatable bonds is 2. The first-order valence-electron chi connectivity index (χ1n) is 3.82. The highest BCUT2D eigenvalue weighted by atomic mass is 16.5. The van der Waals surface area contributed by atoms with Crippen LogP contribution in [0.5, 0.6) is 0 Å². The molecule has 0 saturated carbocycles. The molecular weight excluding hydrogens is 142 g/mol. The SMILES string of the molecule is CC=CC(=O)C1COCCN1. The number of allylic oxidation sites excluding steroid dienone is 1. The van der Waals surface area contributed by atoms with E-state index in [0.29, 0.717) is 13.2 Å². The molecule has 1 fully saturated rings. The van der Waals surface area contributed by atoms with Crippen LogP contribution in [-0.2, 0) is 9.53 Å². The van der Waals surface area contributed by atoms with Crippen LogP contribution >= 0.6 is 0 Å². The Balaban J connectivity index is 2.38. The smallest absolute Gasteiger partial charge is 0.174 e. The van der Waals surface area contributed by atoms with Crippen LogP contribution in [0.2, 0.25) is 0 Å². The molecule has 3 heteroatoms. The van der Waals surface area contributed by atoms with Gasteiger partial charge in [-0.1, -0.05) is 6.08 Å². The second-order valence-electron chi connectivity index (χ2n) is 2.48. The summed E-state index contributed by atoms with van der Waals surface area (Å²) in [6.45, 7) is 3.82. The third-order valence-corrected chi connectivity index (χ3v) is 1.60. The van der Waals surface area contributed by atoms with Gasteiger partial charge in [-0.2, -0.15) is 0 Å². The molecule has 62 valence electrons. The second kappa shape index (κ2) is 4.26. The van der Waals surface area contributed by atoms with Crippen molar-refractivity contribution >= 4 is 5.78 Å². The van der Waals surface area contributed by atoms with Crippen LogP contribution in [-0.4, -0.2) is 31.6 Å². The summed E-state index contributed by atoms with van der Waals surface area (Å²) in [5.74, 6) is 0.104. The fourth-order valence-corrected chi connectivity index (χ4v) is 1.03. The van der Waals surface area contributed by atoms with Gasteiger partial charge >= 0.3 is 0 Å². The van der Waals surface area contributed by atoms with Crippen molar-refractivity contribution in [2.45, 2.75) is 13.0 Å². The van der Waals surface area contributed by atoms with Crippen LogP contribution in [0.1, 0.15) is 6.92 Å². The maximum atomic E-state index is 11.2. The minimum absolute atomic E-state index is 0.104. The van der Waals surface area contributed by atoms with Gasteiger partial charge in [-0.15, -0.1) is 0 Å². The van der Waals surface area contributed by atoms with Crippen molar-refractivity contribution in [3.05, 3.63) is 12.2 Å². The Labute approximate surface area is 66.4 Å². The van der Waals surface area contributed by atoms with Crippen LogP contribution in [0, 0.1) is 0 Å². The molecule has 1 heterocycles. The summed E-state index contributed by atoms with van der Waals surface area (Å²) >= 11 is 0. The molecule has 11 heavy (non-hydrogen) atoms. The van der Waals surface area contributed by atoms with Gasteiger partial charge < -0.3 is 10.1 Å². The predicted octanol–water partition coefficient (Wildman–Crippen LogP) is 0.120. The van der Waals surface area contributed by atoms with Gasteiger partial charge in [-0.05, 0) is 13.0 Å². The summed E-state index contributed by atoms with van der Waals surface area (Å²) in [4.78, 5) is 11.2.